The van der Waals surface area contributed by atoms with Gasteiger partial charge in [-0.15, -0.1) is 0 Å². The monoisotopic (exact) mass is 401 g/mol. The molecule has 0 aromatic heterocycles. The zero-order chi connectivity index (χ0) is 21.4. The van der Waals surface area contributed by atoms with Gasteiger partial charge in [-0.05, 0) is 0 Å². The van der Waals surface area contributed by atoms with Gasteiger partial charge in [-0.3, -0.25) is 24.0 Å². The summed E-state index contributed by atoms with van der Waals surface area (Å²) in [5.74, 6) is -3.21. The van der Waals surface area contributed by atoms with Gasteiger partial charge in [-0.1, -0.05) is 12.7 Å². The lowest BCUT2D eigenvalue weighted by atomic mass is 10.4. The molecule has 156 valence electrons. The van der Waals surface area contributed by atoms with Gasteiger partial charge in [-0.25, -0.2) is 4.79 Å². The third-order valence-corrected chi connectivity index (χ3v) is 2.72. The summed E-state index contributed by atoms with van der Waals surface area (Å²) in [6.07, 6.45) is 0.543. The molecular formula is C15H23N5O8. The van der Waals surface area contributed by atoms with E-state index in [2.05, 4.69) is 42.6 Å². The molecule has 0 aliphatic carbocycles. The summed E-state index contributed by atoms with van der Waals surface area (Å²) < 4.78 is 8.91. The van der Waals surface area contributed by atoms with Crippen molar-refractivity contribution in [3.8, 4) is 0 Å². The van der Waals surface area contributed by atoms with E-state index >= 15 is 0 Å². The van der Waals surface area contributed by atoms with Crippen molar-refractivity contribution >= 4 is 35.7 Å². The number of methoxy groups -OCH3 is 1. The first kappa shape index (κ1) is 24.4. The largest absolute Gasteiger partial charge is 0.468 e. The Labute approximate surface area is 160 Å². The predicted molar refractivity (Wildman–Crippen MR) is 93.6 cm³/mol. The van der Waals surface area contributed by atoms with Crippen LogP contribution >= 0.6 is 0 Å². The van der Waals surface area contributed by atoms with Crippen molar-refractivity contribution in [3.05, 3.63) is 12.7 Å². The van der Waals surface area contributed by atoms with Crippen LogP contribution in [-0.4, -0.2) is 82.1 Å². The highest BCUT2D eigenvalue weighted by atomic mass is 16.5. The molecule has 13 nitrogen and oxygen atoms in total. The van der Waals surface area contributed by atoms with Crippen LogP contribution in [0.1, 0.15) is 0 Å². The minimum absolute atomic E-state index is 0.00907. The third kappa shape index (κ3) is 13.6. The molecule has 0 atom stereocenters. The van der Waals surface area contributed by atoms with Gasteiger partial charge in [0, 0.05) is 0 Å². The van der Waals surface area contributed by atoms with Crippen molar-refractivity contribution in [2.45, 2.75) is 0 Å². The number of amides is 5. The smallest absolute Gasteiger partial charge is 0.407 e. The SMILES string of the molecule is C=CCOC(=O)NCC(=O)NCC(=O)NCC(=O)NCC(=O)NCC(=O)OC. The molecule has 0 heterocycles. The summed E-state index contributed by atoms with van der Waals surface area (Å²) in [5.41, 5.74) is 0. The lowest BCUT2D eigenvalue weighted by molar-refractivity contribution is -0.141. The van der Waals surface area contributed by atoms with Crippen molar-refractivity contribution in [1.82, 2.24) is 26.6 Å². The van der Waals surface area contributed by atoms with Crippen molar-refractivity contribution in [2.75, 3.05) is 46.4 Å². The van der Waals surface area contributed by atoms with E-state index in [-0.39, 0.29) is 13.2 Å². The third-order valence-electron chi connectivity index (χ3n) is 2.72. The predicted octanol–water partition coefficient (Wildman–Crippen LogP) is -3.46. The lowest BCUT2D eigenvalue weighted by Crippen LogP contribution is -2.46. The van der Waals surface area contributed by atoms with Crippen LogP contribution in [0.15, 0.2) is 12.7 Å². The number of hydrogen-bond acceptors (Lipinski definition) is 8. The number of ether oxygens (including phenoxy) is 2. The average Bonchev–Trinajstić information content (AvgIpc) is 2.69. The molecule has 0 saturated carbocycles. The van der Waals surface area contributed by atoms with E-state index in [1.807, 2.05) is 0 Å². The van der Waals surface area contributed by atoms with Crippen molar-refractivity contribution in [2.24, 2.45) is 0 Å². The van der Waals surface area contributed by atoms with Crippen LogP contribution in [0.5, 0.6) is 0 Å². The minimum atomic E-state index is -0.813. The average molecular weight is 401 g/mol. The summed E-state index contributed by atoms with van der Waals surface area (Å²) in [4.78, 5) is 67.7. The van der Waals surface area contributed by atoms with Gasteiger partial charge in [0.2, 0.25) is 23.6 Å². The maximum atomic E-state index is 11.5. The summed E-state index contributed by atoms with van der Waals surface area (Å²) in [7, 11) is 1.16. The van der Waals surface area contributed by atoms with Gasteiger partial charge in [-0.2, -0.15) is 0 Å². The van der Waals surface area contributed by atoms with E-state index in [0.29, 0.717) is 0 Å². The van der Waals surface area contributed by atoms with Crippen molar-refractivity contribution in [3.63, 3.8) is 0 Å². The van der Waals surface area contributed by atoms with Gasteiger partial charge >= 0.3 is 12.1 Å². The normalized spacial score (nSPS) is 9.32. The molecule has 0 radical (unpaired) electrons. The Morgan fingerprint density at radius 1 is 0.714 bits per heavy atom. The second-order valence-electron chi connectivity index (χ2n) is 4.92. The molecule has 0 aliphatic rings. The summed E-state index contributed by atoms with van der Waals surface area (Å²) >= 11 is 0. The van der Waals surface area contributed by atoms with Crippen LogP contribution in [0, 0.1) is 0 Å². The first-order chi connectivity index (χ1) is 13.3. The molecule has 0 rings (SSSR count). The Hall–Kier alpha value is -3.64. The van der Waals surface area contributed by atoms with Crippen LogP contribution in [-0.2, 0) is 33.4 Å². The molecule has 0 unspecified atom stereocenters. The lowest BCUT2D eigenvalue weighted by Gasteiger charge is -2.09. The molecule has 5 amide bonds. The zero-order valence-electron chi connectivity index (χ0n) is 15.3. The first-order valence-electron chi connectivity index (χ1n) is 7.93. The maximum absolute atomic E-state index is 11.5. The molecule has 28 heavy (non-hydrogen) atoms. The quantitative estimate of drug-likeness (QED) is 0.165. The van der Waals surface area contributed by atoms with Gasteiger partial charge in [0.25, 0.3) is 0 Å². The molecule has 0 bridgehead atoms. The van der Waals surface area contributed by atoms with Gasteiger partial charge in [0.1, 0.15) is 19.7 Å². The molecule has 0 fully saturated rings. The topological polar surface area (TPSA) is 181 Å². The van der Waals surface area contributed by atoms with E-state index in [9.17, 15) is 28.8 Å². The van der Waals surface area contributed by atoms with E-state index < -0.39 is 61.9 Å². The second-order valence-corrected chi connectivity index (χ2v) is 4.92. The first-order valence-corrected chi connectivity index (χ1v) is 7.93. The Morgan fingerprint density at radius 3 is 1.50 bits per heavy atom. The number of carbonyl (C=O) groups excluding carboxylic acids is 6. The fraction of sp³-hybridized carbons (Fsp3) is 0.467. The van der Waals surface area contributed by atoms with Crippen LogP contribution in [0.25, 0.3) is 0 Å². The molecule has 0 aromatic rings. The molecule has 0 aliphatic heterocycles. The van der Waals surface area contributed by atoms with Crippen LogP contribution < -0.4 is 26.6 Å². The van der Waals surface area contributed by atoms with Gasteiger partial charge in [0.05, 0.1) is 26.7 Å². The van der Waals surface area contributed by atoms with E-state index in [0.717, 1.165) is 7.11 Å². The van der Waals surface area contributed by atoms with Crippen molar-refractivity contribution < 1.29 is 38.2 Å². The summed E-state index contributed by atoms with van der Waals surface area (Å²) in [6.45, 7) is 1.37. The van der Waals surface area contributed by atoms with Crippen LogP contribution in [0.3, 0.4) is 0 Å². The zero-order valence-corrected chi connectivity index (χ0v) is 15.3. The number of carbonyl (C=O) groups is 6. The van der Waals surface area contributed by atoms with E-state index in [1.54, 1.807) is 0 Å². The highest BCUT2D eigenvalue weighted by Crippen LogP contribution is 1.78. The van der Waals surface area contributed by atoms with Gasteiger partial charge in [0.15, 0.2) is 0 Å². The number of hydrogen-bond donors (Lipinski definition) is 5. The fourth-order valence-corrected chi connectivity index (χ4v) is 1.37. The Kier molecular flexibility index (Phi) is 12.6. The number of rotatable bonds is 12. The van der Waals surface area contributed by atoms with E-state index in [4.69, 9.17) is 0 Å². The Morgan fingerprint density at radius 2 is 1.11 bits per heavy atom. The standard InChI is InChI=1S/C15H23N5O8/c1-3-4-28-15(26)20-8-13(24)18-6-11(22)16-5-10(21)17-7-12(23)19-9-14(25)27-2/h3H,1,4-9H2,2H3,(H,16,22)(H,17,21)(H,18,24)(H,19,23)(H,20,26). The minimum Gasteiger partial charge on any atom is -0.468 e. The highest BCUT2D eigenvalue weighted by Gasteiger charge is 2.10. The van der Waals surface area contributed by atoms with Crippen LogP contribution in [0.4, 0.5) is 4.79 Å². The van der Waals surface area contributed by atoms with Gasteiger partial charge < -0.3 is 36.1 Å². The highest BCUT2D eigenvalue weighted by molar-refractivity contribution is 5.91. The van der Waals surface area contributed by atoms with Crippen LogP contribution in [0.2, 0.25) is 0 Å². The summed E-state index contributed by atoms with van der Waals surface area (Å²) in [6, 6.07) is 0. The molecule has 5 N–H and O–H groups in total. The Bertz CT molecular complexity index is 607. The molecule has 13 heteroatoms. The number of nitrogens with one attached hydrogen (secondary N) is 5. The molecule has 0 aromatic carbocycles. The fourth-order valence-electron chi connectivity index (χ4n) is 1.37. The molecule has 0 saturated heterocycles. The molecule has 0 spiro atoms. The second kappa shape index (κ2) is 14.5. The number of esters is 1. The van der Waals surface area contributed by atoms with E-state index in [1.165, 1.54) is 6.08 Å². The summed E-state index contributed by atoms with van der Waals surface area (Å²) in [5, 5.41) is 11.0. The van der Waals surface area contributed by atoms with Crippen molar-refractivity contribution in [1.29, 1.82) is 0 Å². The molecular weight excluding hydrogens is 378 g/mol. The Balaban J connectivity index is 3.84. The maximum Gasteiger partial charge on any atom is 0.407 e. The number of alkyl carbamates (subject to hydrolysis) is 1.